The molecular weight excluding hydrogens is 408 g/mol. The van der Waals surface area contributed by atoms with Gasteiger partial charge >= 0.3 is 0 Å². The number of nitrogens with zero attached hydrogens (tertiary/aromatic N) is 2. The highest BCUT2D eigenvalue weighted by Crippen LogP contribution is 2.33. The number of hydrogen-bond acceptors (Lipinski definition) is 5. The van der Waals surface area contributed by atoms with Gasteiger partial charge in [0.25, 0.3) is 0 Å². The number of aromatic nitrogens is 1. The van der Waals surface area contributed by atoms with Gasteiger partial charge in [-0.2, -0.15) is 0 Å². The van der Waals surface area contributed by atoms with Crippen LogP contribution < -0.4 is 10.6 Å². The minimum absolute atomic E-state index is 0.405. The highest BCUT2D eigenvalue weighted by Gasteiger charge is 2.29. The Labute approximate surface area is 198 Å². The summed E-state index contributed by atoms with van der Waals surface area (Å²) >= 11 is 0. The Hall–Kier alpha value is -2.05. The van der Waals surface area contributed by atoms with Crippen molar-refractivity contribution in [2.24, 2.45) is 0 Å². The van der Waals surface area contributed by atoms with E-state index < -0.39 is 0 Å². The van der Waals surface area contributed by atoms with Crippen LogP contribution in [0.1, 0.15) is 54.1 Å². The van der Waals surface area contributed by atoms with Crippen LogP contribution in [0.2, 0.25) is 0 Å². The average molecular weight is 447 g/mol. The number of benzene rings is 1. The summed E-state index contributed by atoms with van der Waals surface area (Å²) in [5.74, 6) is 0. The second-order valence-electron chi connectivity index (χ2n) is 9.73. The molecule has 176 valence electrons. The molecule has 0 amide bonds. The predicted octanol–water partition coefficient (Wildman–Crippen LogP) is 3.80. The third-order valence-electron chi connectivity index (χ3n) is 7.48. The number of pyridine rings is 1. The molecule has 1 fully saturated rings. The maximum Gasteiger partial charge on any atom is 0.0607 e. The fourth-order valence-corrected chi connectivity index (χ4v) is 5.63. The summed E-state index contributed by atoms with van der Waals surface area (Å²) < 4.78 is 5.47. The molecule has 0 unspecified atom stereocenters. The summed E-state index contributed by atoms with van der Waals surface area (Å²) in [7, 11) is 0. The minimum Gasteiger partial charge on any atom is -0.381 e. The van der Waals surface area contributed by atoms with Crippen LogP contribution >= 0.6 is 0 Å². The zero-order valence-corrected chi connectivity index (χ0v) is 19.7. The monoisotopic (exact) mass is 446 g/mol. The van der Waals surface area contributed by atoms with Crippen LogP contribution in [-0.2, 0) is 24.1 Å². The van der Waals surface area contributed by atoms with Crippen molar-refractivity contribution in [3.8, 4) is 0 Å². The van der Waals surface area contributed by atoms with Gasteiger partial charge in [-0.25, -0.2) is 0 Å². The third-order valence-corrected chi connectivity index (χ3v) is 7.48. The molecule has 0 bridgehead atoms. The summed E-state index contributed by atoms with van der Waals surface area (Å²) in [4.78, 5) is 7.51. The predicted molar refractivity (Wildman–Crippen MR) is 133 cm³/mol. The normalized spacial score (nSPS) is 23.5. The van der Waals surface area contributed by atoms with Crippen LogP contribution in [0.15, 0.2) is 54.7 Å². The molecule has 1 aliphatic carbocycles. The summed E-state index contributed by atoms with van der Waals surface area (Å²) in [6.07, 6.45) is 13.6. The summed E-state index contributed by atoms with van der Waals surface area (Å²) in [5.41, 5.74) is 5.68. The number of fused-ring (bicyclic) bond motifs is 2. The van der Waals surface area contributed by atoms with Gasteiger partial charge in [0.2, 0.25) is 0 Å². The lowest BCUT2D eigenvalue weighted by Crippen LogP contribution is -2.46. The summed E-state index contributed by atoms with van der Waals surface area (Å²) in [5, 5.41) is 7.48. The van der Waals surface area contributed by atoms with Gasteiger partial charge in [-0.1, -0.05) is 42.5 Å². The molecule has 2 atom stereocenters. The molecule has 0 spiro atoms. The van der Waals surface area contributed by atoms with Crippen molar-refractivity contribution in [1.82, 2.24) is 20.5 Å². The van der Waals surface area contributed by atoms with E-state index in [2.05, 4.69) is 64.1 Å². The topological polar surface area (TPSA) is 49.4 Å². The first-order valence-electron chi connectivity index (χ1n) is 12.8. The van der Waals surface area contributed by atoms with Crippen LogP contribution in [0.3, 0.4) is 0 Å². The lowest BCUT2D eigenvalue weighted by molar-refractivity contribution is 0.0789. The Balaban J connectivity index is 1.25. The molecule has 1 aromatic carbocycles. The van der Waals surface area contributed by atoms with Crippen LogP contribution in [0.4, 0.5) is 0 Å². The average Bonchev–Trinajstić information content (AvgIpc) is 2.88. The van der Waals surface area contributed by atoms with Crippen LogP contribution in [-0.4, -0.2) is 54.8 Å². The van der Waals surface area contributed by atoms with Gasteiger partial charge in [0.05, 0.1) is 11.7 Å². The van der Waals surface area contributed by atoms with Crippen molar-refractivity contribution >= 4 is 0 Å². The molecule has 3 heterocycles. The molecular formula is C28H38N4O. The molecule has 5 rings (SSSR count). The summed E-state index contributed by atoms with van der Waals surface area (Å²) in [6.45, 7) is 5.70. The highest BCUT2D eigenvalue weighted by atomic mass is 16.5. The first-order valence-corrected chi connectivity index (χ1v) is 12.8. The molecule has 3 aliphatic rings. The van der Waals surface area contributed by atoms with E-state index in [1.54, 1.807) is 0 Å². The number of rotatable bonds is 8. The van der Waals surface area contributed by atoms with Gasteiger partial charge < -0.3 is 15.4 Å². The maximum absolute atomic E-state index is 5.47. The van der Waals surface area contributed by atoms with Gasteiger partial charge in [0, 0.05) is 57.7 Å². The Morgan fingerprint density at radius 1 is 1.03 bits per heavy atom. The van der Waals surface area contributed by atoms with E-state index >= 15 is 0 Å². The maximum atomic E-state index is 5.47. The zero-order valence-electron chi connectivity index (χ0n) is 19.7. The van der Waals surface area contributed by atoms with Gasteiger partial charge in [-0.3, -0.25) is 9.88 Å². The van der Waals surface area contributed by atoms with Gasteiger partial charge in [0.1, 0.15) is 0 Å². The molecule has 5 nitrogen and oxygen atoms in total. The molecule has 5 heteroatoms. The molecule has 2 aliphatic heterocycles. The molecule has 0 saturated carbocycles. The second kappa shape index (κ2) is 11.4. The van der Waals surface area contributed by atoms with E-state index in [4.69, 9.17) is 9.72 Å². The van der Waals surface area contributed by atoms with Gasteiger partial charge in [-0.15, -0.1) is 0 Å². The Morgan fingerprint density at radius 3 is 2.79 bits per heavy atom. The first-order chi connectivity index (χ1) is 16.4. The molecule has 2 N–H and O–H groups in total. The smallest absolute Gasteiger partial charge is 0.0607 e. The van der Waals surface area contributed by atoms with Gasteiger partial charge in [-0.05, 0) is 61.3 Å². The van der Waals surface area contributed by atoms with E-state index in [1.807, 2.05) is 6.20 Å². The fourth-order valence-electron chi connectivity index (χ4n) is 5.63. The van der Waals surface area contributed by atoms with Gasteiger partial charge in [0.15, 0.2) is 0 Å². The van der Waals surface area contributed by atoms with E-state index in [-0.39, 0.29) is 0 Å². The lowest BCUT2D eigenvalue weighted by atomic mass is 9.89. The minimum atomic E-state index is 0.405. The number of ether oxygens (including phenoxy) is 1. The fraction of sp³-hybridized carbons (Fsp3) is 0.536. The van der Waals surface area contributed by atoms with E-state index in [0.717, 1.165) is 65.1 Å². The quantitative estimate of drug-likeness (QED) is 0.604. The molecule has 0 radical (unpaired) electrons. The van der Waals surface area contributed by atoms with E-state index in [9.17, 15) is 0 Å². The SMILES string of the molecule is C(=C\CN(C[C@H]1Cc2ccccc2CN1)[C@H]1CCCc2cccnc21)/CNC1CCOCC1. The van der Waals surface area contributed by atoms with E-state index in [1.165, 1.54) is 35.2 Å². The molecule has 1 aromatic heterocycles. The van der Waals surface area contributed by atoms with Crippen molar-refractivity contribution < 1.29 is 4.74 Å². The largest absolute Gasteiger partial charge is 0.381 e. The number of nitrogens with one attached hydrogen (secondary N) is 2. The number of aryl methyl sites for hydroxylation is 1. The second-order valence-corrected chi connectivity index (χ2v) is 9.73. The Kier molecular flexibility index (Phi) is 7.84. The van der Waals surface area contributed by atoms with Crippen LogP contribution in [0.25, 0.3) is 0 Å². The third kappa shape index (κ3) is 5.90. The highest BCUT2D eigenvalue weighted by molar-refractivity contribution is 5.30. The van der Waals surface area contributed by atoms with E-state index in [0.29, 0.717) is 18.1 Å². The van der Waals surface area contributed by atoms with Crippen molar-refractivity contribution in [2.75, 3.05) is 32.8 Å². The molecule has 1 saturated heterocycles. The van der Waals surface area contributed by atoms with Crippen molar-refractivity contribution in [2.45, 2.75) is 63.2 Å². The van der Waals surface area contributed by atoms with Crippen molar-refractivity contribution in [3.05, 3.63) is 77.1 Å². The zero-order chi connectivity index (χ0) is 22.3. The standard InChI is InChI=1S/C28H38N4O/c1-2-8-24-20-31-26(19-23(24)7-1)21-32(16-4-3-14-29-25-12-17-33-18-13-25)27-11-5-9-22-10-6-15-30-28(22)27/h1-4,6-8,10,15,25-27,29,31H,5,9,11-14,16-21H2/b4-3+/t26-,27+/m1/s1. The lowest BCUT2D eigenvalue weighted by Gasteiger charge is -2.38. The number of hydrogen-bond donors (Lipinski definition) is 2. The van der Waals surface area contributed by atoms with Crippen LogP contribution in [0.5, 0.6) is 0 Å². The summed E-state index contributed by atoms with van der Waals surface area (Å²) in [6, 6.07) is 14.7. The van der Waals surface area contributed by atoms with Crippen molar-refractivity contribution in [1.29, 1.82) is 0 Å². The molecule has 33 heavy (non-hydrogen) atoms. The Bertz CT molecular complexity index is 924. The Morgan fingerprint density at radius 2 is 1.88 bits per heavy atom. The molecule has 2 aromatic rings. The first kappa shape index (κ1) is 22.7. The van der Waals surface area contributed by atoms with Crippen LogP contribution in [0, 0.1) is 0 Å². The van der Waals surface area contributed by atoms with Crippen molar-refractivity contribution in [3.63, 3.8) is 0 Å².